The van der Waals surface area contributed by atoms with E-state index in [1.54, 1.807) is 0 Å². The standard InChI is InChI=1S/C24H34O4S/c25-24(26)13-7-2-1-6-12-20-21(23-15-14-22(20)28-23)16-18-29(27)17-8-11-19-9-4-3-5-10-19/h1,3-6,9-10,20-23H,2,7-8,11-18H2,(H,25,26)/b6-1-/t20-,21+,22-,23+,29?/m1/s1. The van der Waals surface area contributed by atoms with Crippen molar-refractivity contribution in [3.05, 3.63) is 48.0 Å². The summed E-state index contributed by atoms with van der Waals surface area (Å²) in [5, 5.41) is 8.70. The maximum Gasteiger partial charge on any atom is 0.303 e. The van der Waals surface area contributed by atoms with Crippen molar-refractivity contribution in [2.24, 2.45) is 11.8 Å². The minimum atomic E-state index is -0.750. The molecule has 1 unspecified atom stereocenters. The highest BCUT2D eigenvalue weighted by Crippen LogP contribution is 2.46. The van der Waals surface area contributed by atoms with Gasteiger partial charge in [-0.2, -0.15) is 0 Å². The largest absolute Gasteiger partial charge is 0.481 e. The van der Waals surface area contributed by atoms with Gasteiger partial charge in [0.05, 0.1) is 12.2 Å². The van der Waals surface area contributed by atoms with Crippen LogP contribution in [-0.2, 0) is 26.8 Å². The van der Waals surface area contributed by atoms with E-state index in [-0.39, 0.29) is 6.42 Å². The van der Waals surface area contributed by atoms with Gasteiger partial charge in [-0.05, 0) is 68.8 Å². The zero-order valence-electron chi connectivity index (χ0n) is 17.2. The van der Waals surface area contributed by atoms with Gasteiger partial charge in [0.25, 0.3) is 0 Å². The monoisotopic (exact) mass is 418 g/mol. The molecule has 5 heteroatoms. The van der Waals surface area contributed by atoms with Crippen LogP contribution in [0, 0.1) is 11.8 Å². The predicted molar refractivity (Wildman–Crippen MR) is 117 cm³/mol. The molecule has 2 aliphatic heterocycles. The number of aryl methyl sites for hydroxylation is 1. The molecule has 0 aliphatic carbocycles. The maximum atomic E-state index is 12.5. The molecule has 2 saturated heterocycles. The average Bonchev–Trinajstić information content (AvgIpc) is 3.31. The van der Waals surface area contributed by atoms with Crippen molar-refractivity contribution >= 4 is 16.8 Å². The zero-order valence-corrected chi connectivity index (χ0v) is 18.0. The lowest BCUT2D eigenvalue weighted by Crippen LogP contribution is -2.28. The zero-order chi connectivity index (χ0) is 20.5. The Balaban J connectivity index is 1.37. The number of fused-ring (bicyclic) bond motifs is 2. The lowest BCUT2D eigenvalue weighted by atomic mass is 9.76. The van der Waals surface area contributed by atoms with Gasteiger partial charge in [0, 0.05) is 28.7 Å². The predicted octanol–water partition coefficient (Wildman–Crippen LogP) is 4.75. The third kappa shape index (κ3) is 7.07. The van der Waals surface area contributed by atoms with Gasteiger partial charge in [0.15, 0.2) is 0 Å². The Morgan fingerprint density at radius 1 is 1.07 bits per heavy atom. The first-order valence-electron chi connectivity index (χ1n) is 11.0. The number of benzene rings is 1. The van der Waals surface area contributed by atoms with Gasteiger partial charge in [0.2, 0.25) is 0 Å². The minimum Gasteiger partial charge on any atom is -0.481 e. The molecule has 2 aliphatic rings. The molecule has 1 aromatic rings. The van der Waals surface area contributed by atoms with Crippen LogP contribution in [0.15, 0.2) is 42.5 Å². The van der Waals surface area contributed by atoms with E-state index < -0.39 is 16.8 Å². The number of hydrogen-bond acceptors (Lipinski definition) is 3. The number of allylic oxidation sites excluding steroid dienone is 2. The van der Waals surface area contributed by atoms with E-state index in [2.05, 4.69) is 36.4 Å². The smallest absolute Gasteiger partial charge is 0.303 e. The Morgan fingerprint density at radius 3 is 2.59 bits per heavy atom. The summed E-state index contributed by atoms with van der Waals surface area (Å²) in [5.41, 5.74) is 1.32. The van der Waals surface area contributed by atoms with Gasteiger partial charge in [-0.3, -0.25) is 9.00 Å². The van der Waals surface area contributed by atoms with Crippen molar-refractivity contribution in [1.29, 1.82) is 0 Å². The Hall–Kier alpha value is -1.46. The van der Waals surface area contributed by atoms with Crippen LogP contribution in [-0.4, -0.2) is 39.0 Å². The van der Waals surface area contributed by atoms with Crippen molar-refractivity contribution in [3.63, 3.8) is 0 Å². The highest BCUT2D eigenvalue weighted by atomic mass is 32.2. The highest BCUT2D eigenvalue weighted by Gasteiger charge is 2.47. The summed E-state index contributed by atoms with van der Waals surface area (Å²) in [6, 6.07) is 10.4. The van der Waals surface area contributed by atoms with Crippen LogP contribution < -0.4 is 0 Å². The van der Waals surface area contributed by atoms with Gasteiger partial charge in [-0.25, -0.2) is 0 Å². The van der Waals surface area contributed by atoms with Crippen molar-refractivity contribution in [2.45, 2.75) is 70.0 Å². The van der Waals surface area contributed by atoms with E-state index in [1.807, 2.05) is 6.07 Å². The third-order valence-corrected chi connectivity index (χ3v) is 7.72. The number of rotatable bonds is 13. The summed E-state index contributed by atoms with van der Waals surface area (Å²) in [7, 11) is -0.750. The minimum absolute atomic E-state index is 0.236. The van der Waals surface area contributed by atoms with Gasteiger partial charge >= 0.3 is 5.97 Å². The fourth-order valence-corrected chi connectivity index (χ4v) is 6.00. The summed E-state index contributed by atoms with van der Waals surface area (Å²) in [5.74, 6) is 1.90. The summed E-state index contributed by atoms with van der Waals surface area (Å²) in [6.07, 6.45) is 13.1. The average molecular weight is 419 g/mol. The Kier molecular flexibility index (Phi) is 8.93. The summed E-state index contributed by atoms with van der Waals surface area (Å²) < 4.78 is 18.7. The molecule has 4 nitrogen and oxygen atoms in total. The van der Waals surface area contributed by atoms with Crippen molar-refractivity contribution in [2.75, 3.05) is 11.5 Å². The van der Waals surface area contributed by atoms with E-state index in [9.17, 15) is 9.00 Å². The highest BCUT2D eigenvalue weighted by molar-refractivity contribution is 7.84. The molecule has 1 aromatic carbocycles. The fourth-order valence-electron chi connectivity index (χ4n) is 4.79. The lowest BCUT2D eigenvalue weighted by Gasteiger charge is -2.27. The first-order valence-corrected chi connectivity index (χ1v) is 12.5. The number of ether oxygens (including phenoxy) is 1. The van der Waals surface area contributed by atoms with Crippen LogP contribution in [0.5, 0.6) is 0 Å². The molecule has 0 spiro atoms. The molecule has 0 aromatic heterocycles. The fraction of sp³-hybridized carbons (Fsp3) is 0.625. The molecule has 3 rings (SSSR count). The molecule has 0 saturated carbocycles. The van der Waals surface area contributed by atoms with Crippen LogP contribution in [0.25, 0.3) is 0 Å². The lowest BCUT2D eigenvalue weighted by molar-refractivity contribution is -0.137. The normalized spacial score (nSPS) is 26.9. The van der Waals surface area contributed by atoms with E-state index in [0.717, 1.165) is 56.5 Å². The summed E-state index contributed by atoms with van der Waals surface area (Å²) in [6.45, 7) is 0. The van der Waals surface area contributed by atoms with Crippen molar-refractivity contribution < 1.29 is 18.8 Å². The number of carboxylic acids is 1. The SMILES string of the molecule is O=C(O)CCC/C=C\C[C@@H]1[C@H](CCS(=O)CCCc2ccccc2)[C@@H]2CC[C@H]1O2. The van der Waals surface area contributed by atoms with E-state index in [1.165, 1.54) is 5.56 Å². The van der Waals surface area contributed by atoms with Gasteiger partial charge < -0.3 is 9.84 Å². The molecule has 5 atom stereocenters. The molecule has 0 amide bonds. The molecule has 2 fully saturated rings. The molecule has 160 valence electrons. The van der Waals surface area contributed by atoms with E-state index in [0.29, 0.717) is 30.5 Å². The molecule has 29 heavy (non-hydrogen) atoms. The van der Waals surface area contributed by atoms with Crippen LogP contribution in [0.4, 0.5) is 0 Å². The van der Waals surface area contributed by atoms with Gasteiger partial charge in [-0.1, -0.05) is 42.5 Å². The number of unbranched alkanes of at least 4 members (excludes halogenated alkanes) is 1. The second kappa shape index (κ2) is 11.7. The molecule has 0 radical (unpaired) electrons. The number of aliphatic carboxylic acids is 1. The van der Waals surface area contributed by atoms with E-state index >= 15 is 0 Å². The Bertz CT molecular complexity index is 687. The van der Waals surface area contributed by atoms with Gasteiger partial charge in [-0.15, -0.1) is 0 Å². The molecular weight excluding hydrogens is 384 g/mol. The molecule has 1 N–H and O–H groups in total. The molecule has 2 bridgehead atoms. The van der Waals surface area contributed by atoms with Crippen LogP contribution in [0.1, 0.15) is 56.9 Å². The topological polar surface area (TPSA) is 63.6 Å². The number of carboxylic acid groups (broad SMARTS) is 1. The number of hydrogen-bond donors (Lipinski definition) is 1. The molecule has 2 heterocycles. The maximum absolute atomic E-state index is 12.5. The van der Waals surface area contributed by atoms with Crippen LogP contribution in [0.2, 0.25) is 0 Å². The quantitative estimate of drug-likeness (QED) is 0.371. The summed E-state index contributed by atoms with van der Waals surface area (Å²) in [4.78, 5) is 10.6. The van der Waals surface area contributed by atoms with Crippen molar-refractivity contribution in [1.82, 2.24) is 0 Å². The van der Waals surface area contributed by atoms with E-state index in [4.69, 9.17) is 9.84 Å². The summed E-state index contributed by atoms with van der Waals surface area (Å²) >= 11 is 0. The first kappa shape index (κ1) is 22.2. The van der Waals surface area contributed by atoms with Crippen molar-refractivity contribution in [3.8, 4) is 0 Å². The Labute approximate surface area is 177 Å². The third-order valence-electron chi connectivity index (χ3n) is 6.29. The second-order valence-corrected chi connectivity index (χ2v) is 10.0. The second-order valence-electron chi connectivity index (χ2n) is 8.34. The van der Waals surface area contributed by atoms with Gasteiger partial charge in [0.1, 0.15) is 0 Å². The number of carbonyl (C=O) groups is 1. The van der Waals surface area contributed by atoms with Crippen LogP contribution in [0.3, 0.4) is 0 Å². The van der Waals surface area contributed by atoms with Crippen LogP contribution >= 0.6 is 0 Å². The molecular formula is C24H34O4S. The Morgan fingerprint density at radius 2 is 1.83 bits per heavy atom. The first-order chi connectivity index (χ1) is 14.1.